The molecule has 2 heterocycles. The minimum Gasteiger partial charge on any atom is -0.469 e. The van der Waals surface area contributed by atoms with Crippen LogP contribution >= 0.6 is 0 Å². The number of nitrogens with zero attached hydrogens (tertiary/aromatic N) is 1. The number of rotatable bonds is 1. The largest absolute Gasteiger partial charge is 0.469 e. The van der Waals surface area contributed by atoms with Gasteiger partial charge in [-0.05, 0) is 26.3 Å². The fraction of sp³-hybridized carbons (Fsp3) is 0.900. The van der Waals surface area contributed by atoms with Gasteiger partial charge in [0.15, 0.2) is 0 Å². The second-order valence-corrected chi connectivity index (χ2v) is 4.32. The Hall–Kier alpha value is -0.610. The molecular formula is C10H17NO3. The maximum Gasteiger partial charge on any atom is 0.312 e. The van der Waals surface area contributed by atoms with Crippen LogP contribution in [0.1, 0.15) is 19.3 Å². The Morgan fingerprint density at radius 3 is 2.86 bits per heavy atom. The molecule has 2 saturated heterocycles. The van der Waals surface area contributed by atoms with E-state index < -0.39 is 6.10 Å². The van der Waals surface area contributed by atoms with E-state index in [2.05, 4.69) is 4.90 Å². The molecule has 14 heavy (non-hydrogen) atoms. The molecule has 0 spiro atoms. The first-order chi connectivity index (χ1) is 6.65. The van der Waals surface area contributed by atoms with Crippen LogP contribution in [0.15, 0.2) is 0 Å². The summed E-state index contributed by atoms with van der Waals surface area (Å²) in [6.07, 6.45) is 2.27. The van der Waals surface area contributed by atoms with Crippen molar-refractivity contribution < 1.29 is 14.6 Å². The molecule has 80 valence electrons. The summed E-state index contributed by atoms with van der Waals surface area (Å²) in [7, 11) is 3.42. The van der Waals surface area contributed by atoms with Crippen molar-refractivity contribution in [3.63, 3.8) is 0 Å². The zero-order chi connectivity index (χ0) is 10.3. The van der Waals surface area contributed by atoms with Gasteiger partial charge < -0.3 is 9.84 Å². The highest BCUT2D eigenvalue weighted by Crippen LogP contribution is 2.38. The smallest absolute Gasteiger partial charge is 0.312 e. The molecule has 3 unspecified atom stereocenters. The van der Waals surface area contributed by atoms with Crippen LogP contribution in [0.4, 0.5) is 0 Å². The van der Waals surface area contributed by atoms with Crippen molar-refractivity contribution in [1.29, 1.82) is 0 Å². The summed E-state index contributed by atoms with van der Waals surface area (Å²) in [5.74, 6) is -0.613. The second kappa shape index (κ2) is 3.51. The number of aliphatic hydroxyl groups excluding tert-OH is 1. The van der Waals surface area contributed by atoms with Crippen LogP contribution in [0.25, 0.3) is 0 Å². The van der Waals surface area contributed by atoms with Crippen molar-refractivity contribution in [3.8, 4) is 0 Å². The third kappa shape index (κ3) is 1.33. The van der Waals surface area contributed by atoms with Crippen LogP contribution < -0.4 is 0 Å². The number of piperidine rings is 1. The topological polar surface area (TPSA) is 49.8 Å². The van der Waals surface area contributed by atoms with Crippen molar-refractivity contribution in [2.24, 2.45) is 5.92 Å². The third-order valence-corrected chi connectivity index (χ3v) is 3.71. The van der Waals surface area contributed by atoms with Crippen molar-refractivity contribution >= 4 is 5.97 Å². The number of carbonyl (C=O) groups is 1. The Morgan fingerprint density at radius 2 is 2.21 bits per heavy atom. The van der Waals surface area contributed by atoms with Gasteiger partial charge in [-0.1, -0.05) is 0 Å². The zero-order valence-corrected chi connectivity index (χ0v) is 8.64. The molecule has 0 aromatic heterocycles. The molecule has 0 saturated carbocycles. The van der Waals surface area contributed by atoms with Crippen LogP contribution in [0.5, 0.6) is 0 Å². The van der Waals surface area contributed by atoms with E-state index >= 15 is 0 Å². The van der Waals surface area contributed by atoms with Gasteiger partial charge in [0.2, 0.25) is 0 Å². The molecule has 2 aliphatic heterocycles. The highest BCUT2D eigenvalue weighted by atomic mass is 16.5. The molecule has 0 radical (unpaired) electrons. The summed E-state index contributed by atoms with van der Waals surface area (Å²) in [6, 6.07) is 0.632. The summed E-state index contributed by atoms with van der Waals surface area (Å²) < 4.78 is 4.73. The number of aliphatic hydroxyl groups is 1. The Balaban J connectivity index is 2.18. The first kappa shape index (κ1) is 9.93. The summed E-state index contributed by atoms with van der Waals surface area (Å²) in [4.78, 5) is 13.7. The Labute approximate surface area is 83.8 Å². The van der Waals surface area contributed by atoms with Crippen LogP contribution in [0.2, 0.25) is 0 Å². The van der Waals surface area contributed by atoms with Gasteiger partial charge in [0.05, 0.1) is 19.1 Å². The predicted molar refractivity (Wildman–Crippen MR) is 50.7 cm³/mol. The van der Waals surface area contributed by atoms with E-state index in [-0.39, 0.29) is 17.9 Å². The van der Waals surface area contributed by atoms with Gasteiger partial charge in [-0.15, -0.1) is 0 Å². The first-order valence-corrected chi connectivity index (χ1v) is 5.13. The molecule has 2 aliphatic rings. The number of hydrogen-bond donors (Lipinski definition) is 1. The van der Waals surface area contributed by atoms with E-state index in [4.69, 9.17) is 4.74 Å². The molecule has 0 aromatic carbocycles. The van der Waals surface area contributed by atoms with Crippen molar-refractivity contribution in [3.05, 3.63) is 0 Å². The molecule has 2 bridgehead atoms. The molecule has 0 aliphatic carbocycles. The maximum absolute atomic E-state index is 11.5. The highest BCUT2D eigenvalue weighted by Gasteiger charge is 2.48. The van der Waals surface area contributed by atoms with Crippen molar-refractivity contribution in [2.75, 3.05) is 14.2 Å². The molecule has 2 fully saturated rings. The summed E-state index contributed by atoms with van der Waals surface area (Å²) in [6.45, 7) is 0. The molecule has 4 nitrogen and oxygen atoms in total. The standard InChI is InChI=1S/C10H17NO3/c1-11-6-3-4-7(11)9(8(12)5-6)10(13)14-2/h6-9,12H,3-5H2,1-2H3/t6?,7?,8-,9?/m0/s1. The molecular weight excluding hydrogens is 182 g/mol. The Morgan fingerprint density at radius 1 is 1.50 bits per heavy atom. The number of hydrogen-bond acceptors (Lipinski definition) is 4. The van der Waals surface area contributed by atoms with Gasteiger partial charge in [-0.2, -0.15) is 0 Å². The average Bonchev–Trinajstić information content (AvgIpc) is 2.42. The van der Waals surface area contributed by atoms with Crippen molar-refractivity contribution in [1.82, 2.24) is 4.90 Å². The quantitative estimate of drug-likeness (QED) is 0.604. The lowest BCUT2D eigenvalue weighted by Gasteiger charge is -2.39. The monoisotopic (exact) mass is 199 g/mol. The van der Waals surface area contributed by atoms with Crippen LogP contribution in [-0.4, -0.2) is 48.3 Å². The summed E-state index contributed by atoms with van der Waals surface area (Å²) in [5.41, 5.74) is 0. The summed E-state index contributed by atoms with van der Waals surface area (Å²) in [5, 5.41) is 9.84. The average molecular weight is 199 g/mol. The lowest BCUT2D eigenvalue weighted by atomic mass is 9.88. The van der Waals surface area contributed by atoms with Crippen LogP contribution in [-0.2, 0) is 9.53 Å². The van der Waals surface area contributed by atoms with Gasteiger partial charge in [-0.25, -0.2) is 0 Å². The maximum atomic E-state index is 11.5. The fourth-order valence-electron chi connectivity index (χ4n) is 2.89. The number of esters is 1. The second-order valence-electron chi connectivity index (χ2n) is 4.32. The molecule has 0 aromatic rings. The van der Waals surface area contributed by atoms with Gasteiger partial charge in [0.1, 0.15) is 0 Å². The number of fused-ring (bicyclic) bond motifs is 2. The van der Waals surface area contributed by atoms with Gasteiger partial charge in [0.25, 0.3) is 0 Å². The number of carbonyl (C=O) groups excluding carboxylic acids is 1. The van der Waals surface area contributed by atoms with E-state index in [9.17, 15) is 9.90 Å². The Bertz CT molecular complexity index is 244. The van der Waals surface area contributed by atoms with Gasteiger partial charge in [0, 0.05) is 12.1 Å². The summed E-state index contributed by atoms with van der Waals surface area (Å²) >= 11 is 0. The molecule has 1 N–H and O–H groups in total. The van der Waals surface area contributed by atoms with E-state index in [0.717, 1.165) is 12.8 Å². The minimum absolute atomic E-state index is 0.177. The minimum atomic E-state index is -0.517. The van der Waals surface area contributed by atoms with E-state index in [0.29, 0.717) is 12.5 Å². The lowest BCUT2D eigenvalue weighted by Crippen LogP contribution is -2.52. The number of methoxy groups -OCH3 is 1. The van der Waals surface area contributed by atoms with E-state index in [1.807, 2.05) is 7.05 Å². The first-order valence-electron chi connectivity index (χ1n) is 5.13. The van der Waals surface area contributed by atoms with Gasteiger partial charge >= 0.3 is 5.97 Å². The van der Waals surface area contributed by atoms with Gasteiger partial charge in [-0.3, -0.25) is 9.69 Å². The normalized spacial score (nSPS) is 42.5. The van der Waals surface area contributed by atoms with Crippen molar-refractivity contribution in [2.45, 2.75) is 37.5 Å². The zero-order valence-electron chi connectivity index (χ0n) is 8.64. The molecule has 2 rings (SSSR count). The molecule has 4 atom stereocenters. The predicted octanol–water partition coefficient (Wildman–Crippen LogP) is 0.00300. The molecule has 0 amide bonds. The highest BCUT2D eigenvalue weighted by molar-refractivity contribution is 5.74. The fourth-order valence-corrected chi connectivity index (χ4v) is 2.89. The van der Waals surface area contributed by atoms with Crippen LogP contribution in [0, 0.1) is 5.92 Å². The molecule has 4 heteroatoms. The third-order valence-electron chi connectivity index (χ3n) is 3.71. The van der Waals surface area contributed by atoms with E-state index in [1.165, 1.54) is 7.11 Å². The van der Waals surface area contributed by atoms with E-state index in [1.54, 1.807) is 0 Å². The lowest BCUT2D eigenvalue weighted by molar-refractivity contribution is -0.155. The Kier molecular flexibility index (Phi) is 2.49. The SMILES string of the molecule is COC(=O)C1C2CCC(C[C@@H]1O)N2C. The van der Waals surface area contributed by atoms with Crippen LogP contribution in [0.3, 0.4) is 0 Å². The number of ether oxygens (including phenoxy) is 1.